The lowest BCUT2D eigenvalue weighted by Crippen LogP contribution is -2.29. The van der Waals surface area contributed by atoms with Gasteiger partial charge in [-0.15, -0.1) is 0 Å². The second kappa shape index (κ2) is 6.73. The summed E-state index contributed by atoms with van der Waals surface area (Å²) in [5, 5.41) is 0. The fourth-order valence-corrected chi connectivity index (χ4v) is 3.14. The minimum Gasteiger partial charge on any atom is -0.271 e. The van der Waals surface area contributed by atoms with E-state index in [0.29, 0.717) is 0 Å². The first-order chi connectivity index (χ1) is 10.3. The van der Waals surface area contributed by atoms with Gasteiger partial charge in [0.2, 0.25) is 0 Å². The highest BCUT2D eigenvalue weighted by Gasteiger charge is 2.19. The Morgan fingerprint density at radius 2 is 1.71 bits per heavy atom. The van der Waals surface area contributed by atoms with E-state index >= 15 is 0 Å². The summed E-state index contributed by atoms with van der Waals surface area (Å²) < 4.78 is 1.10. The minimum absolute atomic E-state index is 0.154. The van der Waals surface area contributed by atoms with Crippen LogP contribution in [0.15, 0.2) is 53.0 Å². The first-order valence-corrected chi connectivity index (χ1v) is 8.36. The van der Waals surface area contributed by atoms with Gasteiger partial charge >= 0.3 is 0 Å². The standard InChI is InChI=1S/C18H21BrN2/c19-17-10-4-13(5-11-17)12-18(21-20)16-8-6-15(7-9-16)14-2-1-3-14/h4-11,14,18,21H,1-3,12,20H2. The summed E-state index contributed by atoms with van der Waals surface area (Å²) in [4.78, 5) is 0. The molecule has 2 nitrogen and oxygen atoms in total. The van der Waals surface area contributed by atoms with Crippen LogP contribution in [0.5, 0.6) is 0 Å². The van der Waals surface area contributed by atoms with Gasteiger partial charge in [-0.25, -0.2) is 0 Å². The molecular weight excluding hydrogens is 324 g/mol. The van der Waals surface area contributed by atoms with Crippen molar-refractivity contribution in [3.63, 3.8) is 0 Å². The third-order valence-electron chi connectivity index (χ3n) is 4.47. The number of rotatable bonds is 5. The monoisotopic (exact) mass is 344 g/mol. The molecule has 3 N–H and O–H groups in total. The molecule has 1 atom stereocenters. The maximum atomic E-state index is 5.76. The van der Waals surface area contributed by atoms with Crippen molar-refractivity contribution in [2.24, 2.45) is 5.84 Å². The van der Waals surface area contributed by atoms with E-state index in [4.69, 9.17) is 5.84 Å². The number of benzene rings is 2. The molecule has 1 aliphatic rings. The predicted molar refractivity (Wildman–Crippen MR) is 90.9 cm³/mol. The fraction of sp³-hybridized carbons (Fsp3) is 0.333. The molecule has 1 saturated carbocycles. The Morgan fingerprint density at radius 3 is 2.24 bits per heavy atom. The van der Waals surface area contributed by atoms with E-state index in [1.54, 1.807) is 0 Å². The van der Waals surface area contributed by atoms with Gasteiger partial charge in [0, 0.05) is 10.5 Å². The Labute approximate surface area is 134 Å². The Morgan fingerprint density at radius 1 is 1.05 bits per heavy atom. The van der Waals surface area contributed by atoms with Gasteiger partial charge in [0.05, 0.1) is 0 Å². The number of hydrazine groups is 1. The van der Waals surface area contributed by atoms with E-state index in [1.807, 2.05) is 0 Å². The second-order valence-corrected chi connectivity index (χ2v) is 6.76. The van der Waals surface area contributed by atoms with Crippen molar-refractivity contribution in [3.8, 4) is 0 Å². The SMILES string of the molecule is NNC(Cc1ccc(Br)cc1)c1ccc(C2CCC2)cc1. The van der Waals surface area contributed by atoms with Crippen molar-refractivity contribution < 1.29 is 0 Å². The third kappa shape index (κ3) is 3.54. The zero-order valence-corrected chi connectivity index (χ0v) is 13.6. The Balaban J connectivity index is 1.71. The van der Waals surface area contributed by atoms with Crippen molar-refractivity contribution in [2.45, 2.75) is 37.6 Å². The van der Waals surface area contributed by atoms with Crippen LogP contribution in [0, 0.1) is 0 Å². The molecule has 0 aromatic heterocycles. The summed E-state index contributed by atoms with van der Waals surface area (Å²) in [6.45, 7) is 0. The predicted octanol–water partition coefficient (Wildman–Crippen LogP) is 4.46. The van der Waals surface area contributed by atoms with E-state index in [1.165, 1.54) is 36.0 Å². The van der Waals surface area contributed by atoms with Crippen molar-refractivity contribution in [1.29, 1.82) is 0 Å². The van der Waals surface area contributed by atoms with Crippen LogP contribution in [0.3, 0.4) is 0 Å². The van der Waals surface area contributed by atoms with Crippen molar-refractivity contribution >= 4 is 15.9 Å². The van der Waals surface area contributed by atoms with Crippen LogP contribution in [0.4, 0.5) is 0 Å². The summed E-state index contributed by atoms with van der Waals surface area (Å²) >= 11 is 3.47. The van der Waals surface area contributed by atoms with Crippen molar-refractivity contribution in [1.82, 2.24) is 5.43 Å². The molecular formula is C18H21BrN2. The Hall–Kier alpha value is -1.16. The summed E-state index contributed by atoms with van der Waals surface area (Å²) in [5.41, 5.74) is 6.96. The van der Waals surface area contributed by atoms with Gasteiger partial charge < -0.3 is 0 Å². The van der Waals surface area contributed by atoms with Gasteiger partial charge in [-0.1, -0.05) is 58.7 Å². The molecule has 0 spiro atoms. The summed E-state index contributed by atoms with van der Waals surface area (Å²) in [6.07, 6.45) is 4.96. The number of nitrogens with one attached hydrogen (secondary N) is 1. The topological polar surface area (TPSA) is 38.0 Å². The molecule has 1 fully saturated rings. The molecule has 3 rings (SSSR count). The highest BCUT2D eigenvalue weighted by molar-refractivity contribution is 9.10. The van der Waals surface area contributed by atoms with E-state index in [9.17, 15) is 0 Å². The van der Waals surface area contributed by atoms with Crippen LogP contribution in [0.2, 0.25) is 0 Å². The second-order valence-electron chi connectivity index (χ2n) is 5.84. The van der Waals surface area contributed by atoms with Crippen LogP contribution in [-0.2, 0) is 6.42 Å². The first kappa shape index (κ1) is 14.8. The van der Waals surface area contributed by atoms with Crippen molar-refractivity contribution in [2.75, 3.05) is 0 Å². The number of halogens is 1. The van der Waals surface area contributed by atoms with Gasteiger partial charge in [0.25, 0.3) is 0 Å². The molecule has 0 amide bonds. The molecule has 0 bridgehead atoms. The average molecular weight is 345 g/mol. The number of hydrogen-bond acceptors (Lipinski definition) is 2. The molecule has 3 heteroatoms. The van der Waals surface area contributed by atoms with Gasteiger partial charge in [-0.3, -0.25) is 11.3 Å². The zero-order chi connectivity index (χ0) is 14.7. The smallest absolute Gasteiger partial charge is 0.0500 e. The highest BCUT2D eigenvalue weighted by Crippen LogP contribution is 2.36. The number of hydrogen-bond donors (Lipinski definition) is 2. The molecule has 0 aliphatic heterocycles. The Bertz CT molecular complexity index is 573. The van der Waals surface area contributed by atoms with E-state index < -0.39 is 0 Å². The molecule has 0 radical (unpaired) electrons. The molecule has 2 aromatic rings. The van der Waals surface area contributed by atoms with Crippen LogP contribution >= 0.6 is 15.9 Å². The van der Waals surface area contributed by atoms with Crippen LogP contribution in [0.25, 0.3) is 0 Å². The molecule has 1 unspecified atom stereocenters. The molecule has 0 heterocycles. The van der Waals surface area contributed by atoms with Crippen LogP contribution in [0.1, 0.15) is 47.9 Å². The maximum Gasteiger partial charge on any atom is 0.0500 e. The van der Waals surface area contributed by atoms with E-state index in [0.717, 1.165) is 16.8 Å². The average Bonchev–Trinajstić information content (AvgIpc) is 2.46. The molecule has 0 saturated heterocycles. The quantitative estimate of drug-likeness (QED) is 0.620. The summed E-state index contributed by atoms with van der Waals surface area (Å²) in [5.74, 6) is 6.55. The molecule has 2 aromatic carbocycles. The molecule has 1 aliphatic carbocycles. The van der Waals surface area contributed by atoms with Gasteiger partial charge in [-0.05, 0) is 54.0 Å². The highest BCUT2D eigenvalue weighted by atomic mass is 79.9. The summed E-state index contributed by atoms with van der Waals surface area (Å²) in [6, 6.07) is 17.5. The third-order valence-corrected chi connectivity index (χ3v) is 5.00. The normalized spacial score (nSPS) is 16.5. The first-order valence-electron chi connectivity index (χ1n) is 7.56. The number of nitrogens with two attached hydrogens (primary N) is 1. The minimum atomic E-state index is 0.154. The van der Waals surface area contributed by atoms with Crippen LogP contribution < -0.4 is 11.3 Å². The molecule has 110 valence electrons. The maximum absolute atomic E-state index is 5.76. The van der Waals surface area contributed by atoms with Gasteiger partial charge in [0.15, 0.2) is 0 Å². The lowest BCUT2D eigenvalue weighted by Gasteiger charge is -2.26. The van der Waals surface area contributed by atoms with Gasteiger partial charge in [0.1, 0.15) is 0 Å². The lowest BCUT2D eigenvalue weighted by molar-refractivity contribution is 0.419. The Kier molecular flexibility index (Phi) is 4.73. The summed E-state index contributed by atoms with van der Waals surface area (Å²) in [7, 11) is 0. The van der Waals surface area contributed by atoms with Gasteiger partial charge in [-0.2, -0.15) is 0 Å². The zero-order valence-electron chi connectivity index (χ0n) is 12.1. The largest absolute Gasteiger partial charge is 0.271 e. The fourth-order valence-electron chi connectivity index (χ4n) is 2.87. The van der Waals surface area contributed by atoms with E-state index in [2.05, 4.69) is 69.9 Å². The van der Waals surface area contributed by atoms with E-state index in [-0.39, 0.29) is 6.04 Å². The van der Waals surface area contributed by atoms with Crippen LogP contribution in [-0.4, -0.2) is 0 Å². The molecule has 21 heavy (non-hydrogen) atoms. The van der Waals surface area contributed by atoms with Crippen molar-refractivity contribution in [3.05, 3.63) is 69.7 Å². The lowest BCUT2D eigenvalue weighted by atomic mass is 9.80.